The summed E-state index contributed by atoms with van der Waals surface area (Å²) in [5.41, 5.74) is 1.51. The van der Waals surface area contributed by atoms with Gasteiger partial charge in [0.1, 0.15) is 6.04 Å². The van der Waals surface area contributed by atoms with E-state index in [0.717, 1.165) is 5.56 Å². The largest absolute Gasteiger partial charge is 0.459 e. The quantitative estimate of drug-likeness (QED) is 0.877. The summed E-state index contributed by atoms with van der Waals surface area (Å²) >= 11 is 6.13. The maximum absolute atomic E-state index is 12.5. The zero-order chi connectivity index (χ0) is 17.0. The van der Waals surface area contributed by atoms with E-state index in [4.69, 9.17) is 16.0 Å². The molecule has 0 fully saturated rings. The number of hydrogen-bond acceptors (Lipinski definition) is 3. The molecule has 5 nitrogen and oxygen atoms in total. The molecule has 1 aromatic heterocycles. The van der Waals surface area contributed by atoms with Crippen LogP contribution in [0.4, 0.5) is 5.69 Å². The molecule has 6 heteroatoms. The normalized spacial score (nSPS) is 12.0. The van der Waals surface area contributed by atoms with Crippen molar-refractivity contribution < 1.29 is 14.0 Å². The lowest BCUT2D eigenvalue weighted by molar-refractivity contribution is -0.118. The van der Waals surface area contributed by atoms with Gasteiger partial charge in [0.05, 0.1) is 17.0 Å². The number of carbonyl (C=O) groups excluding carboxylic acids is 2. The maximum Gasteiger partial charge on any atom is 0.287 e. The zero-order valence-corrected chi connectivity index (χ0v) is 14.0. The Bertz CT molecular complexity index is 696. The molecule has 2 N–H and O–H groups in total. The third kappa shape index (κ3) is 4.36. The van der Waals surface area contributed by atoms with Crippen molar-refractivity contribution in [2.45, 2.75) is 26.8 Å². The standard InChI is InChI=1S/C17H19ClN2O3/c1-10(2)15(20-16(21)14-5-4-8-23-14)17(22)19-13-7-6-11(3)9-12(13)18/h4-10,15H,1-3H3,(H,19,22)(H,20,21). The molecule has 122 valence electrons. The Morgan fingerprint density at radius 1 is 1.22 bits per heavy atom. The summed E-state index contributed by atoms with van der Waals surface area (Å²) in [5, 5.41) is 5.89. The third-order valence-electron chi connectivity index (χ3n) is 3.36. The van der Waals surface area contributed by atoms with Crippen molar-refractivity contribution in [3.8, 4) is 0 Å². The number of halogens is 1. The lowest BCUT2D eigenvalue weighted by Crippen LogP contribution is -2.47. The fourth-order valence-electron chi connectivity index (χ4n) is 2.09. The predicted octanol–water partition coefficient (Wildman–Crippen LogP) is 3.63. The van der Waals surface area contributed by atoms with Crippen molar-refractivity contribution in [1.82, 2.24) is 5.32 Å². The molecule has 1 heterocycles. The Labute approximate surface area is 140 Å². The second-order valence-corrected chi connectivity index (χ2v) is 6.05. The van der Waals surface area contributed by atoms with E-state index in [-0.39, 0.29) is 17.6 Å². The summed E-state index contributed by atoms with van der Waals surface area (Å²) in [6.45, 7) is 5.62. The van der Waals surface area contributed by atoms with E-state index >= 15 is 0 Å². The van der Waals surface area contributed by atoms with E-state index in [1.807, 2.05) is 26.8 Å². The number of anilines is 1. The van der Waals surface area contributed by atoms with Crippen LogP contribution < -0.4 is 10.6 Å². The van der Waals surface area contributed by atoms with Crippen LogP contribution in [-0.2, 0) is 4.79 Å². The molecule has 2 aromatic rings. The van der Waals surface area contributed by atoms with Crippen LogP contribution in [-0.4, -0.2) is 17.9 Å². The number of furan rings is 1. The molecule has 2 rings (SSSR count). The van der Waals surface area contributed by atoms with Crippen LogP contribution in [0, 0.1) is 12.8 Å². The van der Waals surface area contributed by atoms with Gasteiger partial charge in [0.25, 0.3) is 5.91 Å². The number of carbonyl (C=O) groups is 2. The first kappa shape index (κ1) is 17.1. The topological polar surface area (TPSA) is 71.3 Å². The van der Waals surface area contributed by atoms with Crippen LogP contribution in [0.15, 0.2) is 41.0 Å². The van der Waals surface area contributed by atoms with Crippen molar-refractivity contribution in [1.29, 1.82) is 0 Å². The van der Waals surface area contributed by atoms with Crippen LogP contribution in [0.2, 0.25) is 5.02 Å². The first-order chi connectivity index (χ1) is 10.9. The number of benzene rings is 1. The van der Waals surface area contributed by atoms with Gasteiger partial charge >= 0.3 is 0 Å². The maximum atomic E-state index is 12.5. The molecule has 0 aliphatic heterocycles. The summed E-state index contributed by atoms with van der Waals surface area (Å²) in [7, 11) is 0. The molecule has 23 heavy (non-hydrogen) atoms. The van der Waals surface area contributed by atoms with Crippen LogP contribution in [0.1, 0.15) is 30.0 Å². The number of rotatable bonds is 5. The minimum atomic E-state index is -0.704. The van der Waals surface area contributed by atoms with Gasteiger partial charge < -0.3 is 15.1 Å². The molecular weight excluding hydrogens is 316 g/mol. The first-order valence-corrected chi connectivity index (χ1v) is 7.67. The van der Waals surface area contributed by atoms with Gasteiger partial charge in [-0.1, -0.05) is 31.5 Å². The van der Waals surface area contributed by atoms with Gasteiger partial charge in [0.15, 0.2) is 5.76 Å². The molecule has 0 spiro atoms. The molecule has 1 unspecified atom stereocenters. The average molecular weight is 335 g/mol. The molecule has 1 atom stereocenters. The van der Waals surface area contributed by atoms with Crippen LogP contribution in [0.25, 0.3) is 0 Å². The van der Waals surface area contributed by atoms with Crippen molar-refractivity contribution in [2.75, 3.05) is 5.32 Å². The van der Waals surface area contributed by atoms with Gasteiger partial charge in [-0.05, 0) is 42.7 Å². The van der Waals surface area contributed by atoms with Gasteiger partial charge in [-0.2, -0.15) is 0 Å². The summed E-state index contributed by atoms with van der Waals surface area (Å²) in [6.07, 6.45) is 1.41. The van der Waals surface area contributed by atoms with E-state index in [0.29, 0.717) is 10.7 Å². The Balaban J connectivity index is 2.10. The Morgan fingerprint density at radius 3 is 2.52 bits per heavy atom. The second kappa shape index (κ2) is 7.33. The number of amides is 2. The molecule has 0 saturated heterocycles. The molecule has 1 aromatic carbocycles. The predicted molar refractivity (Wildman–Crippen MR) is 89.6 cm³/mol. The summed E-state index contributed by atoms with van der Waals surface area (Å²) in [5.74, 6) is -0.695. The van der Waals surface area contributed by atoms with E-state index in [1.54, 1.807) is 24.3 Å². The fraction of sp³-hybridized carbons (Fsp3) is 0.294. The number of hydrogen-bond donors (Lipinski definition) is 2. The lowest BCUT2D eigenvalue weighted by Gasteiger charge is -2.21. The summed E-state index contributed by atoms with van der Waals surface area (Å²) < 4.78 is 5.04. The van der Waals surface area contributed by atoms with Crippen molar-refractivity contribution in [3.63, 3.8) is 0 Å². The Kier molecular flexibility index (Phi) is 5.45. The van der Waals surface area contributed by atoms with Gasteiger partial charge in [0.2, 0.25) is 5.91 Å². The fourth-order valence-corrected chi connectivity index (χ4v) is 2.37. The highest BCUT2D eigenvalue weighted by Gasteiger charge is 2.26. The highest BCUT2D eigenvalue weighted by atomic mass is 35.5. The van der Waals surface area contributed by atoms with Crippen molar-refractivity contribution in [3.05, 3.63) is 52.9 Å². The highest BCUT2D eigenvalue weighted by molar-refractivity contribution is 6.33. The van der Waals surface area contributed by atoms with Crippen molar-refractivity contribution in [2.24, 2.45) is 5.92 Å². The monoisotopic (exact) mass is 334 g/mol. The molecule has 0 aliphatic carbocycles. The summed E-state index contributed by atoms with van der Waals surface area (Å²) in [4.78, 5) is 24.6. The van der Waals surface area contributed by atoms with E-state index in [1.165, 1.54) is 6.26 Å². The molecule has 0 saturated carbocycles. The van der Waals surface area contributed by atoms with Gasteiger partial charge in [0, 0.05) is 0 Å². The molecule has 2 amide bonds. The number of aryl methyl sites for hydroxylation is 1. The molecule has 0 aliphatic rings. The first-order valence-electron chi connectivity index (χ1n) is 7.30. The summed E-state index contributed by atoms with van der Waals surface area (Å²) in [6, 6.07) is 7.81. The lowest BCUT2D eigenvalue weighted by atomic mass is 10.0. The van der Waals surface area contributed by atoms with Crippen LogP contribution in [0.3, 0.4) is 0 Å². The molecular formula is C17H19ClN2O3. The van der Waals surface area contributed by atoms with Gasteiger partial charge in [-0.15, -0.1) is 0 Å². The average Bonchev–Trinajstić information content (AvgIpc) is 3.01. The molecule has 0 bridgehead atoms. The zero-order valence-electron chi connectivity index (χ0n) is 13.2. The van der Waals surface area contributed by atoms with E-state index in [9.17, 15) is 9.59 Å². The Hall–Kier alpha value is -2.27. The van der Waals surface area contributed by atoms with Gasteiger partial charge in [-0.25, -0.2) is 0 Å². The van der Waals surface area contributed by atoms with Gasteiger partial charge in [-0.3, -0.25) is 9.59 Å². The minimum absolute atomic E-state index is 0.0989. The van der Waals surface area contributed by atoms with Crippen LogP contribution in [0.5, 0.6) is 0 Å². The smallest absolute Gasteiger partial charge is 0.287 e. The SMILES string of the molecule is Cc1ccc(NC(=O)C(NC(=O)c2ccco2)C(C)C)c(Cl)c1. The highest BCUT2D eigenvalue weighted by Crippen LogP contribution is 2.23. The second-order valence-electron chi connectivity index (χ2n) is 5.65. The molecule has 0 radical (unpaired) electrons. The van der Waals surface area contributed by atoms with E-state index in [2.05, 4.69) is 10.6 Å². The minimum Gasteiger partial charge on any atom is -0.459 e. The van der Waals surface area contributed by atoms with Crippen LogP contribution >= 0.6 is 11.6 Å². The number of nitrogens with one attached hydrogen (secondary N) is 2. The Morgan fingerprint density at radius 2 is 1.96 bits per heavy atom. The third-order valence-corrected chi connectivity index (χ3v) is 3.68. The van der Waals surface area contributed by atoms with E-state index < -0.39 is 11.9 Å². The van der Waals surface area contributed by atoms with Crippen molar-refractivity contribution >= 4 is 29.1 Å².